The number of cyclic esters (lactones) is 1. The molecule has 4 rings (SSSR count). The van der Waals surface area contributed by atoms with Gasteiger partial charge in [0.2, 0.25) is 0 Å². The number of ether oxygens (including phenoxy) is 4. The lowest BCUT2D eigenvalue weighted by Gasteiger charge is -2.32. The number of halogens is 2. The van der Waals surface area contributed by atoms with E-state index in [1.165, 1.54) is 7.11 Å². The summed E-state index contributed by atoms with van der Waals surface area (Å²) in [4.78, 5) is 26.7. The average molecular weight is 654 g/mol. The molecule has 1 aliphatic carbocycles. The van der Waals surface area contributed by atoms with Crippen LogP contribution in [0.3, 0.4) is 0 Å². The van der Waals surface area contributed by atoms with Gasteiger partial charge in [-0.05, 0) is 88.6 Å². The van der Waals surface area contributed by atoms with Crippen LogP contribution in [0.2, 0.25) is 0 Å². The van der Waals surface area contributed by atoms with Crippen LogP contribution >= 0.6 is 31.9 Å². The maximum absolute atomic E-state index is 13.4. The Morgan fingerprint density at radius 2 is 1.82 bits per heavy atom. The molecule has 0 amide bonds. The zero-order valence-corrected chi connectivity index (χ0v) is 25.6. The number of esters is 2. The third kappa shape index (κ3) is 5.47. The van der Waals surface area contributed by atoms with Crippen molar-refractivity contribution in [2.75, 3.05) is 7.11 Å². The Bertz CT molecular complexity index is 1250. The molecule has 1 atom stereocenters. The molecule has 1 aliphatic heterocycles. The molecule has 1 saturated carbocycles. The summed E-state index contributed by atoms with van der Waals surface area (Å²) in [5, 5.41) is 10.8. The molecule has 1 N–H and O–H groups in total. The molecule has 206 valence electrons. The van der Waals surface area contributed by atoms with Crippen molar-refractivity contribution in [3.8, 4) is 23.0 Å². The van der Waals surface area contributed by atoms with Gasteiger partial charge in [-0.2, -0.15) is 0 Å². The number of carbonyl (C=O) groups excluding carboxylic acids is 2. The first kappa shape index (κ1) is 28.9. The number of hydrogen-bond acceptors (Lipinski definition) is 7. The van der Waals surface area contributed by atoms with Crippen molar-refractivity contribution in [3.63, 3.8) is 0 Å². The van der Waals surface area contributed by atoms with Gasteiger partial charge in [-0.1, -0.05) is 33.1 Å². The molecule has 1 fully saturated rings. The van der Waals surface area contributed by atoms with Crippen LogP contribution in [0.5, 0.6) is 23.0 Å². The van der Waals surface area contributed by atoms with Gasteiger partial charge in [-0.3, -0.25) is 4.79 Å². The third-order valence-electron chi connectivity index (χ3n) is 7.42. The SMILES string of the molecule is COc1c([C@@H](O)CC(C)C)ccc2c1C(=O)OCc1c(Br)c(C)c(Br)c(OC(=O)C3(C)CCCCC3)c1O2. The van der Waals surface area contributed by atoms with E-state index < -0.39 is 17.5 Å². The van der Waals surface area contributed by atoms with Gasteiger partial charge in [0.15, 0.2) is 11.5 Å². The van der Waals surface area contributed by atoms with Crippen molar-refractivity contribution in [2.24, 2.45) is 11.3 Å². The Morgan fingerprint density at radius 3 is 2.45 bits per heavy atom. The van der Waals surface area contributed by atoms with Gasteiger partial charge in [-0.15, -0.1) is 0 Å². The van der Waals surface area contributed by atoms with Gasteiger partial charge in [0.25, 0.3) is 0 Å². The summed E-state index contributed by atoms with van der Waals surface area (Å²) in [5.74, 6) is 0.168. The minimum absolute atomic E-state index is 0.0720. The summed E-state index contributed by atoms with van der Waals surface area (Å²) in [6.07, 6.45) is 4.26. The molecule has 2 aliphatic rings. The number of hydrogen-bond donors (Lipinski definition) is 1. The number of aliphatic hydroxyl groups excluding tert-OH is 1. The highest BCUT2D eigenvalue weighted by molar-refractivity contribution is 9.11. The van der Waals surface area contributed by atoms with Crippen molar-refractivity contribution in [3.05, 3.63) is 43.3 Å². The highest BCUT2D eigenvalue weighted by atomic mass is 79.9. The first-order chi connectivity index (χ1) is 18.0. The molecule has 0 unspecified atom stereocenters. The highest BCUT2D eigenvalue weighted by Gasteiger charge is 2.39. The van der Waals surface area contributed by atoms with Crippen molar-refractivity contribution in [1.82, 2.24) is 0 Å². The second-order valence-electron chi connectivity index (χ2n) is 10.8. The van der Waals surface area contributed by atoms with E-state index in [0.29, 0.717) is 26.5 Å². The Labute approximate surface area is 240 Å². The van der Waals surface area contributed by atoms with Gasteiger partial charge in [0, 0.05) is 10.0 Å². The summed E-state index contributed by atoms with van der Waals surface area (Å²) in [6.45, 7) is 7.71. The van der Waals surface area contributed by atoms with Crippen LogP contribution in [0.25, 0.3) is 0 Å². The topological polar surface area (TPSA) is 91.3 Å². The molecule has 0 spiro atoms. The smallest absolute Gasteiger partial charge is 0.346 e. The zero-order valence-electron chi connectivity index (χ0n) is 22.4. The predicted octanol–water partition coefficient (Wildman–Crippen LogP) is 7.95. The highest BCUT2D eigenvalue weighted by Crippen LogP contribution is 2.51. The lowest BCUT2D eigenvalue weighted by atomic mass is 9.76. The molecule has 0 bridgehead atoms. The summed E-state index contributed by atoms with van der Waals surface area (Å²) >= 11 is 7.21. The van der Waals surface area contributed by atoms with E-state index in [9.17, 15) is 14.7 Å². The minimum Gasteiger partial charge on any atom is -0.495 e. The van der Waals surface area contributed by atoms with E-state index in [1.807, 2.05) is 27.7 Å². The number of carbonyl (C=O) groups is 2. The van der Waals surface area contributed by atoms with Gasteiger partial charge in [-0.25, -0.2) is 4.79 Å². The van der Waals surface area contributed by atoms with Crippen molar-refractivity contribution >= 4 is 43.8 Å². The molecular weight excluding hydrogens is 620 g/mol. The lowest BCUT2D eigenvalue weighted by molar-refractivity contribution is -0.146. The minimum atomic E-state index is -0.834. The molecule has 0 saturated heterocycles. The third-order valence-corrected chi connectivity index (χ3v) is 9.45. The molecule has 7 nitrogen and oxygen atoms in total. The van der Waals surface area contributed by atoms with Gasteiger partial charge < -0.3 is 24.1 Å². The van der Waals surface area contributed by atoms with E-state index in [2.05, 4.69) is 31.9 Å². The molecule has 9 heteroatoms. The fourth-order valence-electron chi connectivity index (χ4n) is 5.14. The molecule has 2 aromatic carbocycles. The molecule has 1 heterocycles. The average Bonchev–Trinajstić information content (AvgIpc) is 2.87. The Kier molecular flexibility index (Phi) is 8.79. The van der Waals surface area contributed by atoms with E-state index in [4.69, 9.17) is 18.9 Å². The number of methoxy groups -OCH3 is 1. The van der Waals surface area contributed by atoms with E-state index in [1.54, 1.807) is 12.1 Å². The van der Waals surface area contributed by atoms with Gasteiger partial charge in [0.1, 0.15) is 23.7 Å². The fraction of sp³-hybridized carbons (Fsp3) is 0.517. The molecule has 0 radical (unpaired) electrons. The van der Waals surface area contributed by atoms with Gasteiger partial charge in [0.05, 0.1) is 28.7 Å². The first-order valence-corrected chi connectivity index (χ1v) is 14.5. The second kappa shape index (κ2) is 11.6. The quantitative estimate of drug-likeness (QED) is 0.250. The summed E-state index contributed by atoms with van der Waals surface area (Å²) < 4.78 is 25.0. The standard InChI is InChI=1S/C29H34Br2O7/c1-15(2)13-19(32)17-9-10-20-21(24(17)35-5)27(33)36-14-18-22(30)16(3)23(31)26(25(18)37-20)38-28(34)29(4)11-7-6-8-12-29/h9-10,15,19,32H,6-8,11-14H2,1-5H3/t19-/m0/s1. The van der Waals surface area contributed by atoms with Crippen LogP contribution in [0, 0.1) is 18.3 Å². The summed E-state index contributed by atoms with van der Waals surface area (Å²) in [6, 6.07) is 3.30. The van der Waals surface area contributed by atoms with Crippen molar-refractivity contribution in [1.29, 1.82) is 0 Å². The van der Waals surface area contributed by atoms with Gasteiger partial charge >= 0.3 is 11.9 Å². The molecule has 38 heavy (non-hydrogen) atoms. The van der Waals surface area contributed by atoms with E-state index in [0.717, 1.165) is 37.7 Å². The van der Waals surface area contributed by atoms with Crippen LogP contribution in [0.15, 0.2) is 21.1 Å². The lowest BCUT2D eigenvalue weighted by Crippen LogP contribution is -2.34. The molecule has 2 aromatic rings. The van der Waals surface area contributed by atoms with Crippen LogP contribution in [-0.4, -0.2) is 24.2 Å². The Hall–Kier alpha value is -2.10. The van der Waals surface area contributed by atoms with Crippen LogP contribution < -0.4 is 14.2 Å². The molecule has 0 aromatic heterocycles. The summed E-state index contributed by atoms with van der Waals surface area (Å²) in [7, 11) is 1.44. The monoisotopic (exact) mass is 652 g/mol. The Morgan fingerprint density at radius 1 is 1.13 bits per heavy atom. The number of rotatable bonds is 6. The van der Waals surface area contributed by atoms with Crippen molar-refractivity contribution < 1.29 is 33.6 Å². The largest absolute Gasteiger partial charge is 0.495 e. The van der Waals surface area contributed by atoms with Crippen LogP contribution in [0.1, 0.15) is 92.4 Å². The second-order valence-corrected chi connectivity index (χ2v) is 12.4. The number of aliphatic hydroxyl groups is 1. The van der Waals surface area contributed by atoms with Crippen LogP contribution in [-0.2, 0) is 16.1 Å². The van der Waals surface area contributed by atoms with E-state index >= 15 is 0 Å². The number of benzene rings is 2. The maximum Gasteiger partial charge on any atom is 0.346 e. The summed E-state index contributed by atoms with van der Waals surface area (Å²) in [5.41, 5.74) is 1.30. The normalized spacial score (nSPS) is 17.3. The zero-order chi connectivity index (χ0) is 27.8. The predicted molar refractivity (Wildman–Crippen MR) is 150 cm³/mol. The van der Waals surface area contributed by atoms with Crippen molar-refractivity contribution in [2.45, 2.75) is 78.9 Å². The maximum atomic E-state index is 13.4. The van der Waals surface area contributed by atoms with E-state index in [-0.39, 0.29) is 47.1 Å². The fourth-order valence-corrected chi connectivity index (χ4v) is 6.36. The molecular formula is C29H34Br2O7. The number of fused-ring (bicyclic) bond motifs is 2. The van der Waals surface area contributed by atoms with Crippen LogP contribution in [0.4, 0.5) is 0 Å². The first-order valence-electron chi connectivity index (χ1n) is 12.9. The Balaban J connectivity index is 1.84.